The summed E-state index contributed by atoms with van der Waals surface area (Å²) in [5.41, 5.74) is -0.404. The van der Waals surface area contributed by atoms with Crippen molar-refractivity contribution in [3.63, 3.8) is 0 Å². The van der Waals surface area contributed by atoms with Gasteiger partial charge in [0.05, 0.1) is 0 Å². The molecule has 96 valence electrons. The normalized spacial score (nSPS) is 11.5. The average molecular weight is 232 g/mol. The monoisotopic (exact) mass is 232 g/mol. The van der Waals surface area contributed by atoms with Crippen LogP contribution in [0.25, 0.3) is 0 Å². The maximum absolute atomic E-state index is 11.3. The lowest BCUT2D eigenvalue weighted by Crippen LogP contribution is -2.23. The summed E-state index contributed by atoms with van der Waals surface area (Å²) >= 11 is 0. The first-order valence-corrected chi connectivity index (χ1v) is 5.86. The molecule has 0 radical (unpaired) electrons. The van der Waals surface area contributed by atoms with Crippen molar-refractivity contribution in [1.29, 1.82) is 0 Å². The largest absolute Gasteiger partial charge is 0.460 e. The van der Waals surface area contributed by atoms with Crippen LogP contribution in [0.1, 0.15) is 46.5 Å². The number of esters is 1. The molecule has 0 aliphatic rings. The van der Waals surface area contributed by atoms with Crippen molar-refractivity contribution in [2.24, 2.45) is 0 Å². The van der Waals surface area contributed by atoms with E-state index in [2.05, 4.69) is 0 Å². The molecule has 0 atom stereocenters. The minimum Gasteiger partial charge on any atom is -0.460 e. The van der Waals surface area contributed by atoms with Crippen LogP contribution < -0.4 is 0 Å². The highest BCUT2D eigenvalue weighted by Crippen LogP contribution is 2.09. The predicted octanol–water partition coefficient (Wildman–Crippen LogP) is 1.90. The Morgan fingerprint density at radius 3 is 2.31 bits per heavy atom. The van der Waals surface area contributed by atoms with E-state index in [-0.39, 0.29) is 12.6 Å². The zero-order valence-electron chi connectivity index (χ0n) is 10.6. The first-order valence-electron chi connectivity index (χ1n) is 5.86. The molecule has 0 fully saturated rings. The van der Waals surface area contributed by atoms with E-state index in [1.807, 2.05) is 20.8 Å². The summed E-state index contributed by atoms with van der Waals surface area (Å²) < 4.78 is 10.5. The molecule has 0 aromatic rings. The van der Waals surface area contributed by atoms with Gasteiger partial charge >= 0.3 is 5.97 Å². The van der Waals surface area contributed by atoms with Crippen LogP contribution >= 0.6 is 0 Å². The Balaban J connectivity index is 3.28. The van der Waals surface area contributed by atoms with Gasteiger partial charge in [0.2, 0.25) is 0 Å². The maximum atomic E-state index is 11.3. The number of ether oxygens (including phenoxy) is 2. The molecular weight excluding hydrogens is 208 g/mol. The number of rotatable bonds is 8. The standard InChI is InChI=1S/C12H24O4/c1-12(2,3)16-11(14)7-6-10-15-9-5-4-8-13/h13H,4-10H2,1-3H3. The first-order chi connectivity index (χ1) is 7.45. The molecular formula is C12H24O4. The molecule has 0 saturated carbocycles. The van der Waals surface area contributed by atoms with E-state index in [1.165, 1.54) is 0 Å². The Hall–Kier alpha value is -0.610. The van der Waals surface area contributed by atoms with Crippen molar-refractivity contribution in [2.75, 3.05) is 19.8 Å². The molecule has 0 aromatic carbocycles. The van der Waals surface area contributed by atoms with Crippen LogP contribution in [0.5, 0.6) is 0 Å². The average Bonchev–Trinajstić information content (AvgIpc) is 2.13. The Morgan fingerprint density at radius 2 is 1.75 bits per heavy atom. The summed E-state index contributed by atoms with van der Waals surface area (Å²) in [5.74, 6) is -0.175. The van der Waals surface area contributed by atoms with E-state index in [0.29, 0.717) is 26.1 Å². The van der Waals surface area contributed by atoms with Gasteiger partial charge in [-0.15, -0.1) is 0 Å². The minimum absolute atomic E-state index is 0.175. The van der Waals surface area contributed by atoms with Crippen molar-refractivity contribution < 1.29 is 19.4 Å². The van der Waals surface area contributed by atoms with Gasteiger partial charge in [-0.05, 0) is 40.0 Å². The van der Waals surface area contributed by atoms with E-state index < -0.39 is 5.60 Å². The number of hydrogen-bond acceptors (Lipinski definition) is 4. The third-order valence-electron chi connectivity index (χ3n) is 1.79. The predicted molar refractivity (Wildman–Crippen MR) is 62.2 cm³/mol. The van der Waals surface area contributed by atoms with Gasteiger partial charge in [0.25, 0.3) is 0 Å². The molecule has 0 heterocycles. The van der Waals surface area contributed by atoms with Crippen molar-refractivity contribution in [2.45, 2.75) is 52.1 Å². The zero-order valence-corrected chi connectivity index (χ0v) is 10.6. The summed E-state index contributed by atoms with van der Waals surface area (Å²) in [6.07, 6.45) is 2.72. The van der Waals surface area contributed by atoms with Crippen LogP contribution in [0.3, 0.4) is 0 Å². The van der Waals surface area contributed by atoms with E-state index in [9.17, 15) is 4.79 Å². The summed E-state index contributed by atoms with van der Waals surface area (Å²) in [6, 6.07) is 0. The van der Waals surface area contributed by atoms with Crippen LogP contribution in [-0.4, -0.2) is 36.5 Å². The number of carbonyl (C=O) groups is 1. The topological polar surface area (TPSA) is 55.8 Å². The number of unbranched alkanes of at least 4 members (excludes halogenated alkanes) is 1. The summed E-state index contributed by atoms with van der Waals surface area (Å²) in [4.78, 5) is 11.3. The first kappa shape index (κ1) is 15.4. The molecule has 4 heteroatoms. The summed E-state index contributed by atoms with van der Waals surface area (Å²) in [5, 5.41) is 8.53. The fourth-order valence-corrected chi connectivity index (χ4v) is 1.13. The van der Waals surface area contributed by atoms with E-state index in [0.717, 1.165) is 12.8 Å². The number of carbonyl (C=O) groups excluding carboxylic acids is 1. The lowest BCUT2D eigenvalue weighted by Gasteiger charge is -2.19. The Bertz CT molecular complexity index is 184. The Labute approximate surface area is 97.9 Å². The van der Waals surface area contributed by atoms with E-state index in [1.54, 1.807) is 0 Å². The molecule has 0 amide bonds. The van der Waals surface area contributed by atoms with Crippen LogP contribution in [0, 0.1) is 0 Å². The van der Waals surface area contributed by atoms with Gasteiger partial charge in [-0.1, -0.05) is 0 Å². The molecule has 0 spiro atoms. The van der Waals surface area contributed by atoms with Crippen molar-refractivity contribution >= 4 is 5.97 Å². The van der Waals surface area contributed by atoms with Gasteiger partial charge in [0.15, 0.2) is 0 Å². The lowest BCUT2D eigenvalue weighted by molar-refractivity contribution is -0.155. The van der Waals surface area contributed by atoms with Gasteiger partial charge < -0.3 is 14.6 Å². The summed E-state index contributed by atoms with van der Waals surface area (Å²) in [7, 11) is 0. The maximum Gasteiger partial charge on any atom is 0.306 e. The molecule has 0 bridgehead atoms. The van der Waals surface area contributed by atoms with Crippen LogP contribution in [0.4, 0.5) is 0 Å². The van der Waals surface area contributed by atoms with Crippen molar-refractivity contribution in [3.05, 3.63) is 0 Å². The molecule has 1 N–H and O–H groups in total. The Morgan fingerprint density at radius 1 is 1.12 bits per heavy atom. The second kappa shape index (κ2) is 8.53. The van der Waals surface area contributed by atoms with E-state index in [4.69, 9.17) is 14.6 Å². The summed E-state index contributed by atoms with van der Waals surface area (Å²) in [6.45, 7) is 7.00. The fraction of sp³-hybridized carbons (Fsp3) is 0.917. The van der Waals surface area contributed by atoms with Crippen LogP contribution in [0.2, 0.25) is 0 Å². The third kappa shape index (κ3) is 11.5. The van der Waals surface area contributed by atoms with Crippen LogP contribution in [-0.2, 0) is 14.3 Å². The molecule has 4 nitrogen and oxygen atoms in total. The number of aliphatic hydroxyl groups is 1. The minimum atomic E-state index is -0.404. The zero-order chi connectivity index (χ0) is 12.4. The van der Waals surface area contributed by atoms with Gasteiger partial charge in [0.1, 0.15) is 5.60 Å². The van der Waals surface area contributed by atoms with Crippen molar-refractivity contribution in [1.82, 2.24) is 0 Å². The second-order valence-electron chi connectivity index (χ2n) is 4.73. The number of hydrogen-bond donors (Lipinski definition) is 1. The lowest BCUT2D eigenvalue weighted by atomic mass is 10.2. The van der Waals surface area contributed by atoms with Crippen molar-refractivity contribution in [3.8, 4) is 0 Å². The Kier molecular flexibility index (Phi) is 8.21. The smallest absolute Gasteiger partial charge is 0.306 e. The highest BCUT2D eigenvalue weighted by Gasteiger charge is 2.15. The van der Waals surface area contributed by atoms with Gasteiger partial charge in [-0.25, -0.2) is 0 Å². The molecule has 0 aliphatic heterocycles. The van der Waals surface area contributed by atoms with Gasteiger partial charge in [-0.2, -0.15) is 0 Å². The quantitative estimate of drug-likeness (QED) is 0.513. The second-order valence-corrected chi connectivity index (χ2v) is 4.73. The molecule has 0 aliphatic carbocycles. The number of aliphatic hydroxyl groups excluding tert-OH is 1. The molecule has 0 rings (SSSR count). The highest BCUT2D eigenvalue weighted by molar-refractivity contribution is 5.69. The molecule has 0 saturated heterocycles. The van der Waals surface area contributed by atoms with Gasteiger partial charge in [-0.3, -0.25) is 4.79 Å². The van der Waals surface area contributed by atoms with E-state index >= 15 is 0 Å². The molecule has 0 aromatic heterocycles. The molecule has 0 unspecified atom stereocenters. The fourth-order valence-electron chi connectivity index (χ4n) is 1.13. The van der Waals surface area contributed by atoms with Gasteiger partial charge in [0, 0.05) is 26.2 Å². The third-order valence-corrected chi connectivity index (χ3v) is 1.79. The highest BCUT2D eigenvalue weighted by atomic mass is 16.6. The van der Waals surface area contributed by atoms with Crippen LogP contribution in [0.15, 0.2) is 0 Å². The SMILES string of the molecule is CC(C)(C)OC(=O)CCCOCCCCO. The molecule has 16 heavy (non-hydrogen) atoms.